The number of anilines is 4. The topological polar surface area (TPSA) is 344 Å². The molecule has 4 aromatic carbocycles. The number of nitrogens with zero attached hydrogens (tertiary/aromatic N) is 10. The van der Waals surface area contributed by atoms with Crippen molar-refractivity contribution < 1.29 is 43.2 Å². The van der Waals surface area contributed by atoms with E-state index in [1.54, 1.807) is 35.6 Å². The average molecular weight is 1250 g/mol. The first-order chi connectivity index (χ1) is 43.6. The molecule has 26 nitrogen and oxygen atoms in total. The third-order valence-electron chi connectivity index (χ3n) is 17.8. The Kier molecular flexibility index (Phi) is 18.2. The number of hydrogen-bond donors (Lipinski definition) is 11. The number of imidazole rings is 2. The van der Waals surface area contributed by atoms with Crippen LogP contribution in [0, 0.1) is 0 Å². The molecule has 0 spiro atoms. The van der Waals surface area contributed by atoms with Crippen LogP contribution in [-0.2, 0) is 19.8 Å². The summed E-state index contributed by atoms with van der Waals surface area (Å²) in [4.78, 5) is 71.7. The highest BCUT2D eigenvalue weighted by Gasteiger charge is 2.46. The molecule has 0 radical (unpaired) electrons. The van der Waals surface area contributed by atoms with E-state index in [4.69, 9.17) is 29.9 Å². The number of aliphatic hydroxyl groups is 4. The molecular weight excluding hydrogens is 1170 g/mol. The molecular formula is C63H75N17O9S. The second-order valence-corrected chi connectivity index (χ2v) is 25.0. The van der Waals surface area contributed by atoms with E-state index >= 15 is 0 Å². The monoisotopic (exact) mass is 1250 g/mol. The Morgan fingerprint density at radius 3 is 1.32 bits per heavy atom. The zero-order valence-corrected chi connectivity index (χ0v) is 50.6. The summed E-state index contributed by atoms with van der Waals surface area (Å²) in [6.45, 7) is 5.28. The summed E-state index contributed by atoms with van der Waals surface area (Å²) in [5, 5.41) is 60.6. The number of fused-ring (bicyclic) bond motifs is 2. The molecule has 472 valence electrons. The number of hydrogen-bond acceptors (Lipinski definition) is 19. The van der Waals surface area contributed by atoms with Gasteiger partial charge in [0.05, 0.1) is 36.8 Å². The van der Waals surface area contributed by atoms with Gasteiger partial charge in [0.2, 0.25) is 23.7 Å². The number of urea groups is 1. The lowest BCUT2D eigenvalue weighted by Crippen LogP contribution is -2.51. The molecule has 12 rings (SSSR count). The minimum Gasteiger partial charge on any atom is -0.388 e. The minimum absolute atomic E-state index is 0.0935. The average Bonchev–Trinajstić information content (AvgIpc) is 1.92. The highest BCUT2D eigenvalue weighted by atomic mass is 32.2. The highest BCUT2D eigenvalue weighted by molar-refractivity contribution is 7.88. The number of aliphatic hydroxyl groups excluding tert-OH is 4. The van der Waals surface area contributed by atoms with Gasteiger partial charge in [-0.05, 0) is 47.9 Å². The van der Waals surface area contributed by atoms with E-state index in [2.05, 4.69) is 84.6 Å². The van der Waals surface area contributed by atoms with Crippen molar-refractivity contribution in [2.45, 2.75) is 125 Å². The molecule has 2 saturated heterocycles. The first-order valence-electron chi connectivity index (χ1n) is 30.7. The smallest absolute Gasteiger partial charge is 0.329 e. The third kappa shape index (κ3) is 13.2. The van der Waals surface area contributed by atoms with Crippen LogP contribution < -0.4 is 45.8 Å². The Hall–Kier alpha value is -8.86. The van der Waals surface area contributed by atoms with Gasteiger partial charge in [0.1, 0.15) is 24.4 Å². The summed E-state index contributed by atoms with van der Waals surface area (Å²) in [7, 11) is -4.44. The van der Waals surface area contributed by atoms with Crippen LogP contribution in [0.1, 0.15) is 98.5 Å². The van der Waals surface area contributed by atoms with E-state index < -0.39 is 76.9 Å². The molecule has 8 aromatic rings. The SMILES string of the molecule is CCC(=O)N[C@H]1C[C@@H](n2cnc3c(NCC(c4ccccc4)c4ccccc4)nc(N4CCC(NC(=O)NS(=O)(=O)N[C@@H]5CCN(c6nc(NCC(c7ccccc7)c7ccccc7)c7ncn([C@@H]8C[C@H](NC(=O)CC)[C@@H](O)[C@H]8O)c7n6)C5)C4)nc32)[C@H](O)[C@@H]1O. The van der Waals surface area contributed by atoms with E-state index in [1.165, 1.54) is 0 Å². The van der Waals surface area contributed by atoms with Gasteiger partial charge < -0.3 is 65.9 Å². The lowest BCUT2D eigenvalue weighted by atomic mass is 9.91. The number of nitrogens with one attached hydrogen (secondary N) is 7. The summed E-state index contributed by atoms with van der Waals surface area (Å²) in [5.74, 6) is 0.641. The van der Waals surface area contributed by atoms with Crippen molar-refractivity contribution in [2.24, 2.45) is 0 Å². The number of aromatic nitrogens is 8. The quantitative estimate of drug-likeness (QED) is 0.0462. The predicted octanol–water partition coefficient (Wildman–Crippen LogP) is 3.57. The fourth-order valence-electron chi connectivity index (χ4n) is 13.0. The normalized spacial score (nSPS) is 23.5. The Bertz CT molecular complexity index is 3850. The van der Waals surface area contributed by atoms with Gasteiger partial charge in [-0.2, -0.15) is 33.1 Å². The van der Waals surface area contributed by atoms with Crippen LogP contribution in [0.3, 0.4) is 0 Å². The summed E-state index contributed by atoms with van der Waals surface area (Å²) >= 11 is 0. The molecule has 6 heterocycles. The molecule has 27 heteroatoms. The van der Waals surface area contributed by atoms with Crippen LogP contribution >= 0.6 is 0 Å². The minimum atomic E-state index is -4.44. The van der Waals surface area contributed by atoms with Crippen molar-refractivity contribution in [1.29, 1.82) is 0 Å². The molecule has 2 aliphatic carbocycles. The van der Waals surface area contributed by atoms with Crippen molar-refractivity contribution in [3.8, 4) is 0 Å². The van der Waals surface area contributed by atoms with Crippen LogP contribution in [0.25, 0.3) is 22.3 Å². The Morgan fingerprint density at radius 1 is 0.533 bits per heavy atom. The largest absolute Gasteiger partial charge is 0.388 e. The maximum Gasteiger partial charge on any atom is 0.329 e. The summed E-state index contributed by atoms with van der Waals surface area (Å²) in [6.07, 6.45) is -0.358. The van der Waals surface area contributed by atoms with Crippen LogP contribution in [-0.4, -0.2) is 174 Å². The molecule has 1 unspecified atom stereocenters. The van der Waals surface area contributed by atoms with Crippen LogP contribution in [0.15, 0.2) is 134 Å². The molecule has 0 bridgehead atoms. The summed E-state index contributed by atoms with van der Waals surface area (Å²) < 4.78 is 35.8. The third-order valence-corrected chi connectivity index (χ3v) is 18.9. The molecule has 4 aliphatic rings. The molecule has 10 atom stereocenters. The lowest BCUT2D eigenvalue weighted by Gasteiger charge is -2.22. The second-order valence-electron chi connectivity index (χ2n) is 23.6. The van der Waals surface area contributed by atoms with Gasteiger partial charge in [0.15, 0.2) is 34.0 Å². The molecule has 4 fully saturated rings. The Labute approximate surface area is 520 Å². The Balaban J connectivity index is 0.742. The fourth-order valence-corrected chi connectivity index (χ4v) is 14.0. The van der Waals surface area contributed by atoms with Gasteiger partial charge in [-0.25, -0.2) is 19.5 Å². The molecule has 2 saturated carbocycles. The number of benzene rings is 4. The molecule has 4 aromatic heterocycles. The number of amides is 4. The second kappa shape index (κ2) is 26.7. The van der Waals surface area contributed by atoms with Gasteiger partial charge in [0.25, 0.3) is 0 Å². The van der Waals surface area contributed by atoms with E-state index in [0.29, 0.717) is 73.0 Å². The highest BCUT2D eigenvalue weighted by Crippen LogP contribution is 2.38. The van der Waals surface area contributed by atoms with Crippen molar-refractivity contribution in [3.05, 3.63) is 156 Å². The number of carbonyl (C=O) groups excluding carboxylic acids is 3. The van der Waals surface area contributed by atoms with E-state index in [1.807, 2.05) is 82.6 Å². The van der Waals surface area contributed by atoms with Crippen LogP contribution in [0.4, 0.5) is 28.3 Å². The predicted molar refractivity (Wildman–Crippen MR) is 338 cm³/mol. The molecule has 11 N–H and O–H groups in total. The molecule has 4 amide bonds. The Morgan fingerprint density at radius 2 is 0.922 bits per heavy atom. The van der Waals surface area contributed by atoms with E-state index in [-0.39, 0.29) is 74.3 Å². The van der Waals surface area contributed by atoms with Gasteiger partial charge >= 0.3 is 16.2 Å². The van der Waals surface area contributed by atoms with Gasteiger partial charge in [-0.1, -0.05) is 135 Å². The first-order valence-corrected chi connectivity index (χ1v) is 32.2. The summed E-state index contributed by atoms with van der Waals surface area (Å²) in [6, 6.07) is 35.3. The van der Waals surface area contributed by atoms with Gasteiger partial charge in [0, 0.05) is 76.0 Å². The van der Waals surface area contributed by atoms with E-state index in [9.17, 15) is 43.2 Å². The summed E-state index contributed by atoms with van der Waals surface area (Å²) in [5.41, 5.74) is 5.85. The van der Waals surface area contributed by atoms with Crippen LogP contribution in [0.2, 0.25) is 0 Å². The van der Waals surface area contributed by atoms with Crippen molar-refractivity contribution in [3.63, 3.8) is 0 Å². The van der Waals surface area contributed by atoms with Gasteiger partial charge in [-0.15, -0.1) is 0 Å². The molecule has 90 heavy (non-hydrogen) atoms. The maximum absolute atomic E-state index is 13.8. The fraction of sp³-hybridized carbons (Fsp3) is 0.413. The number of carbonyl (C=O) groups is 3. The van der Waals surface area contributed by atoms with Crippen molar-refractivity contribution in [1.82, 2.24) is 64.4 Å². The van der Waals surface area contributed by atoms with Gasteiger partial charge in [-0.3, -0.25) is 9.59 Å². The first kappa shape index (κ1) is 61.4. The zero-order chi connectivity index (χ0) is 62.6. The number of rotatable bonds is 22. The molecule has 2 aliphatic heterocycles. The zero-order valence-electron chi connectivity index (χ0n) is 49.8. The standard InChI is InChI=1S/C63H75N17O9S/c1-3-49(81)69-45-29-47(55(85)53(45)83)79-35-66-51-57(64-31-43(37-17-9-5-10-18-37)38-19-11-6-12-20-38)71-61(73-59(51)79)77-27-25-41(33-77)68-63(87)76-90(88,89)75-42-26-28-78(34-42)62-72-58(65-32-44(39-21-13-7-14-22-39)40-23-15-8-16-24-40)52-60(74-62)80(36-67-52)48-30-46(54(84)56(48)86)70-50(82)4-2/h5-24,35-36,41-48,53-56,75,83-86H,3-4,25-34H2,1-2H3,(H,69,81)(H,70,82)(H,64,71,73)(H,65,72,74)(H2,68,76,87)/t41?,42-,45+,46+,47-,48-,53-,54-,55+,56+/m1/s1. The van der Waals surface area contributed by atoms with E-state index in [0.717, 1.165) is 22.3 Å². The maximum atomic E-state index is 13.8. The van der Waals surface area contributed by atoms with Crippen molar-refractivity contribution in [2.75, 3.05) is 59.7 Å². The lowest BCUT2D eigenvalue weighted by molar-refractivity contribution is -0.123. The van der Waals surface area contributed by atoms with Crippen molar-refractivity contribution >= 4 is 73.9 Å². The van der Waals surface area contributed by atoms with Crippen LogP contribution in [0.5, 0.6) is 0 Å².